The molecule has 6 aromatic rings. The van der Waals surface area contributed by atoms with Crippen LogP contribution in [0.25, 0.3) is 33.1 Å². The Hall–Kier alpha value is -5.29. The molecule has 1 unspecified atom stereocenters. The van der Waals surface area contributed by atoms with E-state index in [1.54, 1.807) is 27.9 Å². The summed E-state index contributed by atoms with van der Waals surface area (Å²) in [4.78, 5) is 27.4. The van der Waals surface area contributed by atoms with E-state index in [4.69, 9.17) is 0 Å². The lowest BCUT2D eigenvalue weighted by atomic mass is 10.1. The van der Waals surface area contributed by atoms with E-state index in [0.717, 1.165) is 33.1 Å². The normalized spacial score (nSPS) is 11.9. The smallest absolute Gasteiger partial charge is 0.260 e. The second kappa shape index (κ2) is 9.40. The third kappa shape index (κ3) is 4.09. The Labute approximate surface area is 212 Å². The van der Waals surface area contributed by atoms with E-state index in [1.807, 2.05) is 79.1 Å². The van der Waals surface area contributed by atoms with Crippen molar-refractivity contribution in [1.82, 2.24) is 24.7 Å². The lowest BCUT2D eigenvalue weighted by Crippen LogP contribution is -2.38. The van der Waals surface area contributed by atoms with E-state index in [2.05, 4.69) is 26.1 Å². The van der Waals surface area contributed by atoms with Gasteiger partial charge in [0.1, 0.15) is 18.1 Å². The maximum Gasteiger partial charge on any atom is 0.260 e. The van der Waals surface area contributed by atoms with E-state index >= 15 is 0 Å². The van der Waals surface area contributed by atoms with Gasteiger partial charge in [0.05, 0.1) is 24.4 Å². The first-order valence-corrected chi connectivity index (χ1v) is 11.8. The van der Waals surface area contributed by atoms with Crippen LogP contribution in [0.1, 0.15) is 22.9 Å². The zero-order valence-corrected chi connectivity index (χ0v) is 19.7. The molecule has 0 radical (unpaired) electrons. The van der Waals surface area contributed by atoms with Crippen LogP contribution in [0.5, 0.6) is 0 Å². The SMILES string of the molecule is N#CCC(N(C(=O)c1ccccc1)c1ccc2ccccc2c1)n1cc(-c2ncnc3[nH]ccc23)cn1. The van der Waals surface area contributed by atoms with Gasteiger partial charge < -0.3 is 4.98 Å². The monoisotopic (exact) mass is 483 g/mol. The number of rotatable bonds is 6. The summed E-state index contributed by atoms with van der Waals surface area (Å²) in [6.07, 6.45) is 6.18. The Kier molecular flexibility index (Phi) is 5.64. The molecule has 178 valence electrons. The summed E-state index contributed by atoms with van der Waals surface area (Å²) in [6.45, 7) is 0. The fourth-order valence-corrected chi connectivity index (χ4v) is 4.58. The molecule has 8 heteroatoms. The number of carbonyl (C=O) groups is 1. The quantitative estimate of drug-likeness (QED) is 0.326. The van der Waals surface area contributed by atoms with Gasteiger partial charge >= 0.3 is 0 Å². The Morgan fingerprint density at radius 3 is 2.65 bits per heavy atom. The van der Waals surface area contributed by atoms with Crippen molar-refractivity contribution in [1.29, 1.82) is 5.26 Å². The Balaban J connectivity index is 1.48. The molecule has 0 aliphatic carbocycles. The first kappa shape index (κ1) is 22.2. The molecule has 37 heavy (non-hydrogen) atoms. The van der Waals surface area contributed by atoms with E-state index in [9.17, 15) is 10.1 Å². The Morgan fingerprint density at radius 2 is 1.81 bits per heavy atom. The number of aromatic nitrogens is 5. The molecule has 0 fully saturated rings. The fraction of sp³-hybridized carbons (Fsp3) is 0.0690. The van der Waals surface area contributed by atoms with Gasteiger partial charge in [0.2, 0.25) is 0 Å². The molecule has 6 rings (SSSR count). The minimum atomic E-state index is -0.684. The standard InChI is InChI=1S/C29H21N7O/c30-14-12-26(35-18-23(17-34-35)27-25-13-15-31-28(25)33-19-32-27)36(29(37)21-7-2-1-3-8-21)24-11-10-20-6-4-5-9-22(20)16-24/h1-11,13,15-19,26H,12H2,(H,31,32,33). The zero-order chi connectivity index (χ0) is 25.2. The number of H-pyrrole nitrogens is 1. The number of amides is 1. The minimum absolute atomic E-state index is 0.0376. The van der Waals surface area contributed by atoms with Crippen molar-refractivity contribution in [2.75, 3.05) is 4.90 Å². The highest BCUT2D eigenvalue weighted by Crippen LogP contribution is 2.32. The van der Waals surface area contributed by atoms with Gasteiger partial charge in [-0.3, -0.25) is 9.69 Å². The van der Waals surface area contributed by atoms with Crippen LogP contribution < -0.4 is 4.90 Å². The number of nitrogens with zero attached hydrogens (tertiary/aromatic N) is 6. The molecule has 3 aromatic carbocycles. The largest absolute Gasteiger partial charge is 0.346 e. The average Bonchev–Trinajstić information content (AvgIpc) is 3.63. The molecule has 0 aliphatic heterocycles. The molecule has 1 amide bonds. The van der Waals surface area contributed by atoms with Gasteiger partial charge in [-0.1, -0.05) is 48.5 Å². The third-order valence-corrected chi connectivity index (χ3v) is 6.36. The summed E-state index contributed by atoms with van der Waals surface area (Å²) in [6, 6.07) is 27.1. The van der Waals surface area contributed by atoms with Crippen molar-refractivity contribution in [3.63, 3.8) is 0 Å². The molecule has 3 aromatic heterocycles. The topological polar surface area (TPSA) is 103 Å². The fourth-order valence-electron chi connectivity index (χ4n) is 4.58. The van der Waals surface area contributed by atoms with Gasteiger partial charge in [-0.05, 0) is 41.1 Å². The minimum Gasteiger partial charge on any atom is -0.346 e. The highest BCUT2D eigenvalue weighted by Gasteiger charge is 2.29. The van der Waals surface area contributed by atoms with Gasteiger partial charge in [0, 0.05) is 34.6 Å². The van der Waals surface area contributed by atoms with Crippen molar-refractivity contribution in [2.24, 2.45) is 0 Å². The number of anilines is 1. The van der Waals surface area contributed by atoms with Crippen molar-refractivity contribution in [3.05, 3.63) is 109 Å². The number of nitriles is 1. The number of fused-ring (bicyclic) bond motifs is 2. The first-order valence-electron chi connectivity index (χ1n) is 11.8. The highest BCUT2D eigenvalue weighted by atomic mass is 16.2. The van der Waals surface area contributed by atoms with Crippen molar-refractivity contribution < 1.29 is 4.79 Å². The number of hydrogen-bond donors (Lipinski definition) is 1. The van der Waals surface area contributed by atoms with E-state index in [1.165, 1.54) is 6.33 Å². The van der Waals surface area contributed by atoms with Gasteiger partial charge in [-0.25, -0.2) is 14.6 Å². The second-order valence-electron chi connectivity index (χ2n) is 8.59. The number of hydrogen-bond acceptors (Lipinski definition) is 5. The van der Waals surface area contributed by atoms with Crippen LogP contribution in [0.4, 0.5) is 5.69 Å². The first-order chi connectivity index (χ1) is 18.2. The van der Waals surface area contributed by atoms with Crippen molar-refractivity contribution in [3.8, 4) is 17.3 Å². The Bertz CT molecular complexity index is 1760. The molecule has 0 bridgehead atoms. The lowest BCUT2D eigenvalue weighted by molar-refractivity contribution is 0.0964. The van der Waals surface area contributed by atoms with E-state index < -0.39 is 6.17 Å². The molecule has 0 saturated heterocycles. The maximum absolute atomic E-state index is 13.9. The summed E-state index contributed by atoms with van der Waals surface area (Å²) in [5.41, 5.74) is 3.42. The average molecular weight is 484 g/mol. The predicted molar refractivity (Wildman–Crippen MR) is 142 cm³/mol. The third-order valence-electron chi connectivity index (χ3n) is 6.36. The molecule has 3 heterocycles. The molecule has 0 aliphatic rings. The second-order valence-corrected chi connectivity index (χ2v) is 8.59. The maximum atomic E-state index is 13.9. The van der Waals surface area contributed by atoms with Crippen LogP contribution in [0, 0.1) is 11.3 Å². The predicted octanol–water partition coefficient (Wildman–Crippen LogP) is 5.73. The Morgan fingerprint density at radius 1 is 1.00 bits per heavy atom. The molecular weight excluding hydrogens is 462 g/mol. The number of nitrogens with one attached hydrogen (secondary N) is 1. The van der Waals surface area contributed by atoms with Crippen molar-refractivity contribution in [2.45, 2.75) is 12.6 Å². The lowest BCUT2D eigenvalue weighted by Gasteiger charge is -2.31. The summed E-state index contributed by atoms with van der Waals surface area (Å²) in [5.74, 6) is -0.219. The summed E-state index contributed by atoms with van der Waals surface area (Å²) in [5, 5.41) is 17.3. The van der Waals surface area contributed by atoms with Crippen molar-refractivity contribution >= 4 is 33.4 Å². The van der Waals surface area contributed by atoms with E-state index in [-0.39, 0.29) is 12.3 Å². The van der Waals surface area contributed by atoms with Gasteiger partial charge in [-0.2, -0.15) is 10.4 Å². The number of benzene rings is 3. The van der Waals surface area contributed by atoms with Gasteiger partial charge in [-0.15, -0.1) is 0 Å². The van der Waals surface area contributed by atoms with E-state index in [0.29, 0.717) is 11.3 Å². The zero-order valence-electron chi connectivity index (χ0n) is 19.7. The van der Waals surface area contributed by atoms with Crippen LogP contribution in [0.15, 0.2) is 104 Å². The van der Waals surface area contributed by atoms with Crippen LogP contribution >= 0.6 is 0 Å². The molecular formula is C29H21N7O. The van der Waals surface area contributed by atoms with Crippen LogP contribution in [0.2, 0.25) is 0 Å². The molecule has 0 saturated carbocycles. The number of aromatic amines is 1. The molecule has 1 N–H and O–H groups in total. The summed E-state index contributed by atoms with van der Waals surface area (Å²) in [7, 11) is 0. The number of carbonyl (C=O) groups excluding carboxylic acids is 1. The van der Waals surface area contributed by atoms with Crippen LogP contribution in [0.3, 0.4) is 0 Å². The molecule has 0 spiro atoms. The highest BCUT2D eigenvalue weighted by molar-refractivity contribution is 6.07. The summed E-state index contributed by atoms with van der Waals surface area (Å²) >= 11 is 0. The molecule has 8 nitrogen and oxygen atoms in total. The van der Waals surface area contributed by atoms with Gasteiger partial charge in [0.25, 0.3) is 5.91 Å². The van der Waals surface area contributed by atoms with Crippen LogP contribution in [-0.2, 0) is 0 Å². The van der Waals surface area contributed by atoms with Gasteiger partial charge in [0.15, 0.2) is 0 Å². The summed E-state index contributed by atoms with van der Waals surface area (Å²) < 4.78 is 1.66. The molecule has 1 atom stereocenters. The van der Waals surface area contributed by atoms with Crippen LogP contribution in [-0.4, -0.2) is 30.6 Å².